The molecule has 81 heavy (non-hydrogen) atoms. The lowest BCUT2D eigenvalue weighted by molar-refractivity contribution is -0.166. The molecule has 0 N–H and O–H groups in total. The highest BCUT2D eigenvalue weighted by Crippen LogP contribution is 2.18. The molecule has 0 aromatic heterocycles. The Bertz CT molecular complexity index is 1580. The molecule has 0 rings (SSSR count). The predicted octanol–water partition coefficient (Wildman–Crippen LogP) is 24.0. The van der Waals surface area contributed by atoms with Crippen LogP contribution >= 0.6 is 0 Å². The average Bonchev–Trinajstić information content (AvgIpc) is 3.47. The molecule has 6 nitrogen and oxygen atoms in total. The summed E-state index contributed by atoms with van der Waals surface area (Å²) in [5.41, 5.74) is 0. The van der Waals surface area contributed by atoms with Crippen LogP contribution in [0, 0.1) is 0 Å². The highest BCUT2D eigenvalue weighted by atomic mass is 16.6. The number of hydrogen-bond donors (Lipinski definition) is 0. The van der Waals surface area contributed by atoms with E-state index in [0.717, 1.165) is 89.9 Å². The van der Waals surface area contributed by atoms with E-state index in [1.54, 1.807) is 0 Å². The zero-order valence-electron chi connectivity index (χ0n) is 53.5. The summed E-state index contributed by atoms with van der Waals surface area (Å²) in [6.07, 6.45) is 93.1. The van der Waals surface area contributed by atoms with Crippen molar-refractivity contribution in [3.05, 3.63) is 97.2 Å². The van der Waals surface area contributed by atoms with Gasteiger partial charge >= 0.3 is 17.9 Å². The van der Waals surface area contributed by atoms with E-state index in [4.69, 9.17) is 14.2 Å². The van der Waals surface area contributed by atoms with Gasteiger partial charge < -0.3 is 14.2 Å². The van der Waals surface area contributed by atoms with Crippen LogP contribution in [-0.4, -0.2) is 37.2 Å². The van der Waals surface area contributed by atoms with Crippen LogP contribution in [0.2, 0.25) is 0 Å². The summed E-state index contributed by atoms with van der Waals surface area (Å²) in [4.78, 5) is 38.4. The summed E-state index contributed by atoms with van der Waals surface area (Å²) in [5.74, 6) is -0.987. The molecule has 0 fully saturated rings. The van der Waals surface area contributed by atoms with Crippen LogP contribution in [0.1, 0.15) is 342 Å². The molecule has 0 aromatic carbocycles. The van der Waals surface area contributed by atoms with E-state index in [1.165, 1.54) is 205 Å². The molecule has 1 unspecified atom stereocenters. The van der Waals surface area contributed by atoms with Crippen molar-refractivity contribution < 1.29 is 28.6 Å². The Balaban J connectivity index is 4.37. The maximum Gasteiger partial charge on any atom is 0.306 e. The number of hydrogen-bond acceptors (Lipinski definition) is 6. The quantitative estimate of drug-likeness (QED) is 0.0261. The lowest BCUT2D eigenvalue weighted by Crippen LogP contribution is -2.30. The normalized spacial score (nSPS) is 12.7. The van der Waals surface area contributed by atoms with Crippen LogP contribution in [0.3, 0.4) is 0 Å². The van der Waals surface area contributed by atoms with Gasteiger partial charge in [0.25, 0.3) is 0 Å². The number of esters is 3. The first kappa shape index (κ1) is 77.3. The molecule has 0 aromatic rings. The van der Waals surface area contributed by atoms with E-state index in [9.17, 15) is 14.4 Å². The number of allylic oxidation sites excluding steroid dienone is 16. The Morgan fingerprint density at radius 1 is 0.259 bits per heavy atom. The van der Waals surface area contributed by atoms with Crippen LogP contribution in [0.15, 0.2) is 97.2 Å². The molecule has 0 amide bonds. The van der Waals surface area contributed by atoms with Crippen LogP contribution in [-0.2, 0) is 28.6 Å². The Labute approximate surface area is 502 Å². The maximum absolute atomic E-state index is 12.9. The third kappa shape index (κ3) is 67.0. The SMILES string of the molecule is CC/C=C\C/C=C\C/C=C\C/C=C\C/C=C\C/C=C\CCC(=O)OC(COC(=O)CCCCCCCCC/C=C\C/C=C\CCCCC)COC(=O)CCCCCCCCCCCCCCCCCCCCCCCCCCCCC. The van der Waals surface area contributed by atoms with E-state index in [2.05, 4.69) is 112 Å². The predicted molar refractivity (Wildman–Crippen MR) is 353 cm³/mol. The van der Waals surface area contributed by atoms with Gasteiger partial charge in [-0.3, -0.25) is 14.4 Å². The van der Waals surface area contributed by atoms with Crippen LogP contribution < -0.4 is 0 Å². The Kier molecular flexibility index (Phi) is 65.7. The first-order valence-corrected chi connectivity index (χ1v) is 34.7. The molecule has 6 heteroatoms. The standard InChI is InChI=1S/C75H130O6/c1-4-7-10-13-16-19-22-25-28-31-33-34-35-36-37-38-39-40-42-44-47-50-53-56-59-62-65-68-74(77)80-71-72(70-79-73(76)67-64-61-58-55-52-49-46-43-30-27-24-21-18-15-12-9-6-3)81-75(78)69-66-63-60-57-54-51-48-45-41-32-29-26-23-20-17-14-11-8-5-2/h8,11,17-18,20-21,26-27,29-30,41,45,51,54,60,63,72H,4-7,9-10,12-16,19,22-25,28,31-40,42-44,46-50,52-53,55-59,61-62,64-71H2,1-3H3/b11-8-,20-17-,21-18-,29-26-,30-27-,45-41-,54-51-,63-60-. The molecule has 0 radical (unpaired) electrons. The van der Waals surface area contributed by atoms with Crippen molar-refractivity contribution in [1.82, 2.24) is 0 Å². The van der Waals surface area contributed by atoms with Crippen molar-refractivity contribution in [3.8, 4) is 0 Å². The Hall–Kier alpha value is -3.67. The number of carbonyl (C=O) groups excluding carboxylic acids is 3. The van der Waals surface area contributed by atoms with Crippen LogP contribution in [0.5, 0.6) is 0 Å². The molecule has 0 spiro atoms. The number of ether oxygens (including phenoxy) is 3. The van der Waals surface area contributed by atoms with Gasteiger partial charge in [0, 0.05) is 19.3 Å². The summed E-state index contributed by atoms with van der Waals surface area (Å²) in [5, 5.41) is 0. The zero-order chi connectivity index (χ0) is 58.5. The fourth-order valence-corrected chi connectivity index (χ4v) is 9.91. The van der Waals surface area contributed by atoms with Gasteiger partial charge in [0.05, 0.1) is 0 Å². The molecule has 0 aliphatic rings. The fourth-order valence-electron chi connectivity index (χ4n) is 9.91. The maximum atomic E-state index is 12.9. The second-order valence-corrected chi connectivity index (χ2v) is 23.1. The average molecular weight is 1130 g/mol. The first-order chi connectivity index (χ1) is 40.0. The molecule has 466 valence electrons. The van der Waals surface area contributed by atoms with Crippen molar-refractivity contribution in [2.24, 2.45) is 0 Å². The summed E-state index contributed by atoms with van der Waals surface area (Å²) < 4.78 is 16.9. The molecule has 0 saturated carbocycles. The number of unbranched alkanes of at least 4 members (excludes halogenated alkanes) is 36. The molecule has 1 atom stereocenters. The number of rotatable bonds is 63. The first-order valence-electron chi connectivity index (χ1n) is 34.7. The largest absolute Gasteiger partial charge is 0.462 e. The highest BCUT2D eigenvalue weighted by molar-refractivity contribution is 5.71. The third-order valence-corrected chi connectivity index (χ3v) is 15.1. The summed E-state index contributed by atoms with van der Waals surface area (Å²) in [6, 6.07) is 0. The Morgan fingerprint density at radius 3 is 0.827 bits per heavy atom. The lowest BCUT2D eigenvalue weighted by Gasteiger charge is -2.18. The van der Waals surface area contributed by atoms with E-state index in [-0.39, 0.29) is 31.6 Å². The molecule has 0 aliphatic carbocycles. The van der Waals surface area contributed by atoms with E-state index in [1.807, 2.05) is 6.08 Å². The Morgan fingerprint density at radius 2 is 0.506 bits per heavy atom. The van der Waals surface area contributed by atoms with E-state index in [0.29, 0.717) is 19.3 Å². The number of carbonyl (C=O) groups is 3. The molecular formula is C75H130O6. The lowest BCUT2D eigenvalue weighted by atomic mass is 10.0. The second kappa shape index (κ2) is 68.8. The van der Waals surface area contributed by atoms with Gasteiger partial charge in [0.15, 0.2) is 6.10 Å². The molecule has 0 bridgehead atoms. The second-order valence-electron chi connectivity index (χ2n) is 23.1. The van der Waals surface area contributed by atoms with Gasteiger partial charge in [-0.05, 0) is 89.9 Å². The van der Waals surface area contributed by atoms with E-state index >= 15 is 0 Å². The summed E-state index contributed by atoms with van der Waals surface area (Å²) in [6.45, 7) is 6.48. The van der Waals surface area contributed by atoms with Crippen LogP contribution in [0.4, 0.5) is 0 Å². The molecule has 0 heterocycles. The van der Waals surface area contributed by atoms with Crippen molar-refractivity contribution in [2.45, 2.75) is 348 Å². The van der Waals surface area contributed by atoms with Gasteiger partial charge in [-0.2, -0.15) is 0 Å². The summed E-state index contributed by atoms with van der Waals surface area (Å²) in [7, 11) is 0. The van der Waals surface area contributed by atoms with Crippen LogP contribution in [0.25, 0.3) is 0 Å². The van der Waals surface area contributed by atoms with Crippen molar-refractivity contribution in [3.63, 3.8) is 0 Å². The van der Waals surface area contributed by atoms with Crippen molar-refractivity contribution >= 4 is 17.9 Å². The van der Waals surface area contributed by atoms with Gasteiger partial charge in [-0.15, -0.1) is 0 Å². The fraction of sp³-hybridized carbons (Fsp3) is 0.747. The highest BCUT2D eigenvalue weighted by Gasteiger charge is 2.19. The minimum absolute atomic E-state index is 0.108. The van der Waals surface area contributed by atoms with Crippen molar-refractivity contribution in [1.29, 1.82) is 0 Å². The third-order valence-electron chi connectivity index (χ3n) is 15.1. The van der Waals surface area contributed by atoms with Gasteiger partial charge in [0.2, 0.25) is 0 Å². The zero-order valence-corrected chi connectivity index (χ0v) is 53.5. The van der Waals surface area contributed by atoms with Gasteiger partial charge in [-0.25, -0.2) is 0 Å². The van der Waals surface area contributed by atoms with Gasteiger partial charge in [0.1, 0.15) is 13.2 Å². The van der Waals surface area contributed by atoms with Crippen molar-refractivity contribution in [2.75, 3.05) is 13.2 Å². The topological polar surface area (TPSA) is 78.9 Å². The molecule has 0 saturated heterocycles. The van der Waals surface area contributed by atoms with Gasteiger partial charge in [-0.1, -0.05) is 330 Å². The molecule has 0 aliphatic heterocycles. The molecular weight excluding hydrogens is 997 g/mol. The smallest absolute Gasteiger partial charge is 0.306 e. The minimum Gasteiger partial charge on any atom is -0.462 e. The summed E-state index contributed by atoms with van der Waals surface area (Å²) >= 11 is 0. The van der Waals surface area contributed by atoms with E-state index < -0.39 is 12.1 Å². The minimum atomic E-state index is -0.823. The monoisotopic (exact) mass is 1130 g/mol.